The largest absolute Gasteiger partial charge is 0.365 e. The summed E-state index contributed by atoms with van der Waals surface area (Å²) in [6.07, 6.45) is 3.01. The standard InChI is InChI=1S/C10H14BrN3/c1-7-2-5-13-10(9(7)11)14-8-3-4-12-6-8/h2,5,8,12H,3-4,6H2,1H3,(H,13,14). The molecule has 2 heterocycles. The molecule has 76 valence electrons. The Hall–Kier alpha value is -0.610. The number of aryl methyl sites for hydroxylation is 1. The van der Waals surface area contributed by atoms with Gasteiger partial charge >= 0.3 is 0 Å². The lowest BCUT2D eigenvalue weighted by Crippen LogP contribution is -2.22. The SMILES string of the molecule is Cc1ccnc(NC2CCNC2)c1Br. The fourth-order valence-corrected chi connectivity index (χ4v) is 1.96. The predicted octanol–water partition coefficient (Wildman–Crippen LogP) is 1.93. The smallest absolute Gasteiger partial charge is 0.140 e. The van der Waals surface area contributed by atoms with E-state index in [0.717, 1.165) is 23.4 Å². The van der Waals surface area contributed by atoms with Gasteiger partial charge < -0.3 is 10.6 Å². The van der Waals surface area contributed by atoms with Crippen LogP contribution in [0, 0.1) is 6.92 Å². The van der Waals surface area contributed by atoms with Crippen molar-refractivity contribution < 1.29 is 0 Å². The summed E-state index contributed by atoms with van der Waals surface area (Å²) < 4.78 is 1.08. The van der Waals surface area contributed by atoms with E-state index in [1.807, 2.05) is 12.3 Å². The summed E-state index contributed by atoms with van der Waals surface area (Å²) in [5, 5.41) is 6.75. The molecule has 0 amide bonds. The van der Waals surface area contributed by atoms with Crippen LogP contribution in [0.15, 0.2) is 16.7 Å². The molecule has 1 unspecified atom stereocenters. The van der Waals surface area contributed by atoms with Gasteiger partial charge in [0.15, 0.2) is 0 Å². The van der Waals surface area contributed by atoms with Gasteiger partial charge in [-0.15, -0.1) is 0 Å². The minimum atomic E-state index is 0.514. The Bertz CT molecular complexity index is 321. The van der Waals surface area contributed by atoms with Crippen LogP contribution in [0.2, 0.25) is 0 Å². The second kappa shape index (κ2) is 4.28. The molecule has 14 heavy (non-hydrogen) atoms. The fourth-order valence-electron chi connectivity index (χ4n) is 1.61. The molecule has 0 spiro atoms. The van der Waals surface area contributed by atoms with E-state index >= 15 is 0 Å². The van der Waals surface area contributed by atoms with Crippen LogP contribution in [0.5, 0.6) is 0 Å². The zero-order valence-electron chi connectivity index (χ0n) is 8.18. The molecular formula is C10H14BrN3. The van der Waals surface area contributed by atoms with Crippen molar-refractivity contribution in [2.45, 2.75) is 19.4 Å². The van der Waals surface area contributed by atoms with Crippen LogP contribution in [-0.4, -0.2) is 24.1 Å². The van der Waals surface area contributed by atoms with Crippen molar-refractivity contribution in [2.75, 3.05) is 18.4 Å². The molecule has 0 aliphatic carbocycles. The summed E-state index contributed by atoms with van der Waals surface area (Å²) in [6, 6.07) is 2.52. The third-order valence-electron chi connectivity index (χ3n) is 2.48. The average Bonchev–Trinajstić information content (AvgIpc) is 2.66. The van der Waals surface area contributed by atoms with Crippen molar-refractivity contribution in [2.24, 2.45) is 0 Å². The maximum Gasteiger partial charge on any atom is 0.140 e. The Morgan fingerprint density at radius 2 is 2.50 bits per heavy atom. The lowest BCUT2D eigenvalue weighted by atomic mass is 10.2. The minimum Gasteiger partial charge on any atom is -0.365 e. The Balaban J connectivity index is 2.11. The number of rotatable bonds is 2. The number of hydrogen-bond acceptors (Lipinski definition) is 3. The maximum atomic E-state index is 4.32. The van der Waals surface area contributed by atoms with E-state index in [-0.39, 0.29) is 0 Å². The Labute approximate surface area is 92.4 Å². The second-order valence-electron chi connectivity index (χ2n) is 3.62. The first-order chi connectivity index (χ1) is 6.77. The molecule has 1 aliphatic heterocycles. The first-order valence-corrected chi connectivity index (χ1v) is 5.65. The summed E-state index contributed by atoms with van der Waals surface area (Å²) in [5.74, 6) is 0.957. The molecule has 1 aliphatic rings. The number of pyridine rings is 1. The van der Waals surface area contributed by atoms with Crippen molar-refractivity contribution in [3.8, 4) is 0 Å². The van der Waals surface area contributed by atoms with Crippen LogP contribution in [0.4, 0.5) is 5.82 Å². The fraction of sp³-hybridized carbons (Fsp3) is 0.500. The molecule has 1 saturated heterocycles. The van der Waals surface area contributed by atoms with Crippen LogP contribution >= 0.6 is 15.9 Å². The molecular weight excluding hydrogens is 242 g/mol. The molecule has 0 aromatic carbocycles. The number of nitrogens with zero attached hydrogens (tertiary/aromatic N) is 1. The van der Waals surface area contributed by atoms with Gasteiger partial charge in [-0.05, 0) is 47.4 Å². The van der Waals surface area contributed by atoms with Gasteiger partial charge in [-0.3, -0.25) is 0 Å². The van der Waals surface area contributed by atoms with Crippen LogP contribution in [0.1, 0.15) is 12.0 Å². The van der Waals surface area contributed by atoms with Crippen LogP contribution in [0.25, 0.3) is 0 Å². The van der Waals surface area contributed by atoms with E-state index < -0.39 is 0 Å². The number of hydrogen-bond donors (Lipinski definition) is 2. The third kappa shape index (κ3) is 2.07. The highest BCUT2D eigenvalue weighted by Gasteiger charge is 2.15. The van der Waals surface area contributed by atoms with Crippen molar-refractivity contribution in [1.82, 2.24) is 10.3 Å². The first-order valence-electron chi connectivity index (χ1n) is 4.86. The third-order valence-corrected chi connectivity index (χ3v) is 3.48. The van der Waals surface area contributed by atoms with Crippen molar-refractivity contribution in [3.63, 3.8) is 0 Å². The van der Waals surface area contributed by atoms with Gasteiger partial charge in [-0.1, -0.05) is 0 Å². The van der Waals surface area contributed by atoms with Gasteiger partial charge in [0.25, 0.3) is 0 Å². The summed E-state index contributed by atoms with van der Waals surface area (Å²) >= 11 is 3.54. The van der Waals surface area contributed by atoms with Gasteiger partial charge in [-0.2, -0.15) is 0 Å². The number of halogens is 1. The molecule has 2 rings (SSSR count). The summed E-state index contributed by atoms with van der Waals surface area (Å²) in [5.41, 5.74) is 1.22. The van der Waals surface area contributed by atoms with Crippen LogP contribution < -0.4 is 10.6 Å². The maximum absolute atomic E-state index is 4.32. The van der Waals surface area contributed by atoms with E-state index in [0.29, 0.717) is 6.04 Å². The average molecular weight is 256 g/mol. The zero-order valence-corrected chi connectivity index (χ0v) is 9.76. The summed E-state index contributed by atoms with van der Waals surface area (Å²) in [7, 11) is 0. The van der Waals surface area contributed by atoms with E-state index in [2.05, 4.69) is 38.5 Å². The van der Waals surface area contributed by atoms with E-state index in [9.17, 15) is 0 Å². The normalized spacial score (nSPS) is 21.1. The van der Waals surface area contributed by atoms with Gasteiger partial charge in [0, 0.05) is 18.8 Å². The van der Waals surface area contributed by atoms with Gasteiger partial charge in [0.05, 0.1) is 4.47 Å². The monoisotopic (exact) mass is 255 g/mol. The van der Waals surface area contributed by atoms with Crippen LogP contribution in [0.3, 0.4) is 0 Å². The highest BCUT2D eigenvalue weighted by Crippen LogP contribution is 2.24. The van der Waals surface area contributed by atoms with Crippen molar-refractivity contribution in [3.05, 3.63) is 22.3 Å². The van der Waals surface area contributed by atoms with Gasteiger partial charge in [0.1, 0.15) is 5.82 Å². The van der Waals surface area contributed by atoms with E-state index in [1.54, 1.807) is 0 Å². The second-order valence-corrected chi connectivity index (χ2v) is 4.42. The molecule has 3 nitrogen and oxygen atoms in total. The van der Waals surface area contributed by atoms with Crippen molar-refractivity contribution in [1.29, 1.82) is 0 Å². The highest BCUT2D eigenvalue weighted by molar-refractivity contribution is 9.10. The molecule has 0 saturated carbocycles. The first kappa shape index (κ1) is 9.93. The molecule has 4 heteroatoms. The lowest BCUT2D eigenvalue weighted by molar-refractivity contribution is 0.786. The zero-order chi connectivity index (χ0) is 9.97. The van der Waals surface area contributed by atoms with E-state index in [1.165, 1.54) is 12.0 Å². The highest BCUT2D eigenvalue weighted by atomic mass is 79.9. The topological polar surface area (TPSA) is 37.0 Å². The van der Waals surface area contributed by atoms with E-state index in [4.69, 9.17) is 0 Å². The molecule has 0 bridgehead atoms. The Morgan fingerprint density at radius 1 is 1.64 bits per heavy atom. The minimum absolute atomic E-state index is 0.514. The van der Waals surface area contributed by atoms with Crippen LogP contribution in [-0.2, 0) is 0 Å². The molecule has 1 aromatic heterocycles. The quantitative estimate of drug-likeness (QED) is 0.848. The summed E-state index contributed by atoms with van der Waals surface area (Å²) in [6.45, 7) is 4.20. The Kier molecular flexibility index (Phi) is 3.03. The molecule has 1 aromatic rings. The summed E-state index contributed by atoms with van der Waals surface area (Å²) in [4.78, 5) is 4.32. The van der Waals surface area contributed by atoms with Crippen molar-refractivity contribution >= 4 is 21.7 Å². The molecule has 2 N–H and O–H groups in total. The number of nitrogens with one attached hydrogen (secondary N) is 2. The predicted molar refractivity (Wildman–Crippen MR) is 61.6 cm³/mol. The molecule has 1 fully saturated rings. The Morgan fingerprint density at radius 3 is 3.21 bits per heavy atom. The molecule has 1 atom stereocenters. The number of aromatic nitrogens is 1. The van der Waals surface area contributed by atoms with Gasteiger partial charge in [0.2, 0.25) is 0 Å². The van der Waals surface area contributed by atoms with Gasteiger partial charge in [-0.25, -0.2) is 4.98 Å². The molecule has 0 radical (unpaired) electrons. The lowest BCUT2D eigenvalue weighted by Gasteiger charge is -2.13. The number of anilines is 1.